The van der Waals surface area contributed by atoms with E-state index >= 15 is 0 Å². The predicted molar refractivity (Wildman–Crippen MR) is 72.6 cm³/mol. The Balaban J connectivity index is 2.47. The van der Waals surface area contributed by atoms with Crippen LogP contribution in [0.15, 0.2) is 4.42 Å². The molecule has 0 aromatic carbocycles. The highest BCUT2D eigenvalue weighted by Crippen LogP contribution is 2.42. The zero-order valence-corrected chi connectivity index (χ0v) is 13.2. The average Bonchev–Trinajstić information content (AvgIpc) is 2.63. The summed E-state index contributed by atoms with van der Waals surface area (Å²) in [6.07, 6.45) is 1.17. The summed E-state index contributed by atoms with van der Waals surface area (Å²) in [7, 11) is 0. The molecule has 6 heteroatoms. The summed E-state index contributed by atoms with van der Waals surface area (Å²) in [5.41, 5.74) is 1.04. The van der Waals surface area contributed by atoms with Gasteiger partial charge in [0.25, 0.3) is 0 Å². The minimum atomic E-state index is -0.756. The number of aryl methyl sites for hydroxylation is 1. The van der Waals surface area contributed by atoms with Gasteiger partial charge in [-0.3, -0.25) is 4.79 Å². The molecule has 18 heavy (non-hydrogen) atoms. The molecule has 0 aliphatic heterocycles. The van der Waals surface area contributed by atoms with Crippen LogP contribution in [-0.2, 0) is 11.2 Å². The lowest BCUT2D eigenvalue weighted by atomic mass is 9.93. The van der Waals surface area contributed by atoms with E-state index in [0.717, 1.165) is 0 Å². The van der Waals surface area contributed by atoms with E-state index in [1.165, 1.54) is 0 Å². The predicted octanol–water partition coefficient (Wildman–Crippen LogP) is 3.38. The molecular weight excluding hydrogens is 368 g/mol. The van der Waals surface area contributed by atoms with E-state index in [9.17, 15) is 9.59 Å². The quantitative estimate of drug-likeness (QED) is 0.583. The number of hydrogen-bond donors (Lipinski definition) is 0. The van der Waals surface area contributed by atoms with E-state index in [1.807, 2.05) is 0 Å². The van der Waals surface area contributed by atoms with Crippen LogP contribution >= 0.6 is 31.9 Å². The van der Waals surface area contributed by atoms with Crippen molar-refractivity contribution in [2.75, 3.05) is 6.61 Å². The minimum absolute atomic E-state index is 0.111. The Morgan fingerprint density at radius 3 is 2.78 bits per heavy atom. The molecule has 0 saturated carbocycles. The summed E-state index contributed by atoms with van der Waals surface area (Å²) in [6, 6.07) is 0. The number of rotatable bonds is 2. The zero-order valence-electron chi connectivity index (χ0n) is 10.0. The second-order valence-electron chi connectivity index (χ2n) is 4.11. The molecule has 1 aromatic heterocycles. The van der Waals surface area contributed by atoms with E-state index in [2.05, 4.69) is 31.9 Å². The van der Waals surface area contributed by atoms with Crippen molar-refractivity contribution in [1.29, 1.82) is 0 Å². The third-order valence-electron chi connectivity index (χ3n) is 2.91. The van der Waals surface area contributed by atoms with Crippen molar-refractivity contribution >= 4 is 43.6 Å². The Kier molecular flexibility index (Phi) is 3.69. The number of fused-ring (bicyclic) bond motifs is 1. The summed E-state index contributed by atoms with van der Waals surface area (Å²) in [6.45, 7) is 3.70. The molecule has 1 aliphatic carbocycles. The SMILES string of the molecule is CCOC(=O)c1oc2c(c1C)C(=O)C(Br)(Br)CC2. The van der Waals surface area contributed by atoms with Crippen LogP contribution in [0.25, 0.3) is 0 Å². The molecule has 98 valence electrons. The molecule has 2 rings (SSSR count). The highest BCUT2D eigenvalue weighted by Gasteiger charge is 2.42. The molecule has 0 bridgehead atoms. The lowest BCUT2D eigenvalue weighted by Gasteiger charge is -2.23. The lowest BCUT2D eigenvalue weighted by Crippen LogP contribution is -2.30. The number of hydrogen-bond acceptors (Lipinski definition) is 4. The molecule has 0 radical (unpaired) electrons. The summed E-state index contributed by atoms with van der Waals surface area (Å²) >= 11 is 6.70. The Morgan fingerprint density at radius 2 is 2.17 bits per heavy atom. The molecule has 4 nitrogen and oxygen atoms in total. The maximum atomic E-state index is 12.2. The molecular formula is C12H12Br2O4. The third-order valence-corrected chi connectivity index (χ3v) is 4.42. The second-order valence-corrected chi connectivity index (χ2v) is 7.88. The van der Waals surface area contributed by atoms with Crippen molar-refractivity contribution in [1.82, 2.24) is 0 Å². The Hall–Kier alpha value is -0.620. The number of esters is 1. The number of halogens is 2. The molecule has 0 amide bonds. The van der Waals surface area contributed by atoms with Crippen LogP contribution in [0.2, 0.25) is 0 Å². The molecule has 0 unspecified atom stereocenters. The first-order chi connectivity index (χ1) is 8.38. The van der Waals surface area contributed by atoms with E-state index in [0.29, 0.717) is 29.7 Å². The molecule has 0 atom stereocenters. The fourth-order valence-electron chi connectivity index (χ4n) is 2.00. The maximum absolute atomic E-state index is 12.2. The van der Waals surface area contributed by atoms with Crippen LogP contribution in [-0.4, -0.2) is 21.6 Å². The summed E-state index contributed by atoms with van der Waals surface area (Å²) in [4.78, 5) is 23.9. The van der Waals surface area contributed by atoms with Gasteiger partial charge in [-0.25, -0.2) is 4.79 Å². The zero-order chi connectivity index (χ0) is 13.5. The van der Waals surface area contributed by atoms with Crippen LogP contribution < -0.4 is 0 Å². The highest BCUT2D eigenvalue weighted by atomic mass is 79.9. The smallest absolute Gasteiger partial charge is 0.374 e. The Morgan fingerprint density at radius 1 is 1.50 bits per heavy atom. The number of ether oxygens (including phenoxy) is 1. The molecule has 1 aromatic rings. The number of alkyl halides is 2. The largest absolute Gasteiger partial charge is 0.460 e. The fraction of sp³-hybridized carbons (Fsp3) is 0.500. The fourth-order valence-corrected chi connectivity index (χ4v) is 2.80. The molecule has 0 fully saturated rings. The number of furan rings is 1. The van der Waals surface area contributed by atoms with E-state index in [-0.39, 0.29) is 18.2 Å². The van der Waals surface area contributed by atoms with Gasteiger partial charge in [0.05, 0.1) is 12.2 Å². The highest BCUT2D eigenvalue weighted by molar-refractivity contribution is 9.26. The van der Waals surface area contributed by atoms with Crippen LogP contribution in [0.4, 0.5) is 0 Å². The van der Waals surface area contributed by atoms with Crippen molar-refractivity contribution in [3.63, 3.8) is 0 Å². The standard InChI is InChI=1S/C12H12Br2O4/c1-3-17-11(16)9-6(2)8-7(18-9)4-5-12(13,14)10(8)15/h3-5H2,1-2H3. The molecule has 1 heterocycles. The Bertz CT molecular complexity index is 516. The van der Waals surface area contributed by atoms with Gasteiger partial charge < -0.3 is 9.15 Å². The van der Waals surface area contributed by atoms with Gasteiger partial charge in [0, 0.05) is 12.0 Å². The van der Waals surface area contributed by atoms with E-state index < -0.39 is 9.20 Å². The van der Waals surface area contributed by atoms with Crippen molar-refractivity contribution in [3.05, 3.63) is 22.6 Å². The molecule has 1 aliphatic rings. The van der Waals surface area contributed by atoms with Gasteiger partial charge in [-0.2, -0.15) is 0 Å². The van der Waals surface area contributed by atoms with E-state index in [4.69, 9.17) is 9.15 Å². The van der Waals surface area contributed by atoms with Crippen LogP contribution in [0.1, 0.15) is 45.6 Å². The Labute approximate surface area is 121 Å². The topological polar surface area (TPSA) is 56.5 Å². The summed E-state index contributed by atoms with van der Waals surface area (Å²) < 4.78 is 9.63. The maximum Gasteiger partial charge on any atom is 0.374 e. The molecule has 0 spiro atoms. The summed E-state index contributed by atoms with van der Waals surface area (Å²) in [5, 5.41) is 0. The van der Waals surface area contributed by atoms with Gasteiger partial charge >= 0.3 is 5.97 Å². The van der Waals surface area contributed by atoms with E-state index in [1.54, 1.807) is 13.8 Å². The lowest BCUT2D eigenvalue weighted by molar-refractivity contribution is 0.0486. The molecule has 0 saturated heterocycles. The van der Waals surface area contributed by atoms with Crippen LogP contribution in [0, 0.1) is 6.92 Å². The van der Waals surface area contributed by atoms with Gasteiger partial charge in [0.15, 0.2) is 5.78 Å². The van der Waals surface area contributed by atoms with Gasteiger partial charge in [0.1, 0.15) is 8.99 Å². The number of carbonyl (C=O) groups excluding carboxylic acids is 2. The van der Waals surface area contributed by atoms with Gasteiger partial charge in [-0.05, 0) is 20.3 Å². The minimum Gasteiger partial charge on any atom is -0.460 e. The monoisotopic (exact) mass is 378 g/mol. The second kappa shape index (κ2) is 4.81. The third kappa shape index (κ3) is 2.16. The first-order valence-corrected chi connectivity index (χ1v) is 7.19. The number of carbonyl (C=O) groups is 2. The van der Waals surface area contributed by atoms with Crippen molar-refractivity contribution in [3.8, 4) is 0 Å². The normalized spacial score (nSPS) is 17.4. The van der Waals surface area contributed by atoms with Crippen molar-refractivity contribution < 1.29 is 18.7 Å². The van der Waals surface area contributed by atoms with Gasteiger partial charge in [0.2, 0.25) is 5.76 Å². The first kappa shape index (κ1) is 13.8. The molecule has 0 N–H and O–H groups in total. The average molecular weight is 380 g/mol. The summed E-state index contributed by atoms with van der Waals surface area (Å²) in [5.74, 6) is 0.0653. The van der Waals surface area contributed by atoms with Crippen molar-refractivity contribution in [2.45, 2.75) is 29.9 Å². The van der Waals surface area contributed by atoms with Crippen molar-refractivity contribution in [2.24, 2.45) is 0 Å². The van der Waals surface area contributed by atoms with Gasteiger partial charge in [-0.15, -0.1) is 0 Å². The van der Waals surface area contributed by atoms with Gasteiger partial charge in [-0.1, -0.05) is 31.9 Å². The number of Topliss-reactive ketones (excluding diaryl/α,β-unsaturated/α-hetero) is 1. The van der Waals surface area contributed by atoms with Crippen LogP contribution in [0.3, 0.4) is 0 Å². The first-order valence-electron chi connectivity index (χ1n) is 5.60. The van der Waals surface area contributed by atoms with Crippen LogP contribution in [0.5, 0.6) is 0 Å². The number of ketones is 1.